The Morgan fingerprint density at radius 3 is 2.43 bits per heavy atom. The van der Waals surface area contributed by atoms with Gasteiger partial charge in [-0.2, -0.15) is 0 Å². The van der Waals surface area contributed by atoms with Gasteiger partial charge in [0, 0.05) is 36.8 Å². The van der Waals surface area contributed by atoms with Gasteiger partial charge < -0.3 is 13.9 Å². The normalized spacial score (nSPS) is 17.9. The van der Waals surface area contributed by atoms with Crippen LogP contribution in [0.3, 0.4) is 0 Å². The van der Waals surface area contributed by atoms with Crippen molar-refractivity contribution in [3.05, 3.63) is 66.2 Å². The van der Waals surface area contributed by atoms with E-state index in [9.17, 15) is 14.4 Å². The lowest BCUT2D eigenvalue weighted by Crippen LogP contribution is -2.32. The molecule has 2 atom stereocenters. The zero-order chi connectivity index (χ0) is 25.1. The van der Waals surface area contributed by atoms with E-state index in [-0.39, 0.29) is 12.4 Å². The molecular formula is C27H28N2O6. The summed E-state index contributed by atoms with van der Waals surface area (Å²) in [6.45, 7) is 5.88. The number of nitrogens with zero attached hydrogens (tertiary/aromatic N) is 2. The van der Waals surface area contributed by atoms with Crippen molar-refractivity contribution in [3.63, 3.8) is 0 Å². The van der Waals surface area contributed by atoms with Crippen molar-refractivity contribution in [1.29, 1.82) is 0 Å². The monoisotopic (exact) mass is 476 g/mol. The van der Waals surface area contributed by atoms with Crippen LogP contribution in [0.15, 0.2) is 59.2 Å². The number of ether oxygens (including phenoxy) is 2. The summed E-state index contributed by atoms with van der Waals surface area (Å²) in [5.41, 5.74) is 2.57. The number of para-hydroxylation sites is 1. The first-order valence-electron chi connectivity index (χ1n) is 11.5. The number of methoxy groups -OCH3 is 1. The van der Waals surface area contributed by atoms with Crippen molar-refractivity contribution in [2.45, 2.75) is 26.8 Å². The summed E-state index contributed by atoms with van der Waals surface area (Å²) in [6.07, 6.45) is 1.56. The molecule has 0 saturated carbocycles. The Morgan fingerprint density at radius 2 is 1.80 bits per heavy atom. The van der Waals surface area contributed by atoms with Gasteiger partial charge in [-0.05, 0) is 18.2 Å². The molecule has 1 aliphatic rings. The maximum absolute atomic E-state index is 13.3. The topological polar surface area (TPSA) is 98.9 Å². The zero-order valence-electron chi connectivity index (χ0n) is 20.2. The van der Waals surface area contributed by atoms with Gasteiger partial charge in [-0.1, -0.05) is 44.2 Å². The number of amides is 1. The number of rotatable bonds is 9. The van der Waals surface area contributed by atoms with E-state index in [1.54, 1.807) is 76.6 Å². The van der Waals surface area contributed by atoms with Crippen LogP contribution in [-0.2, 0) is 19.1 Å². The number of anilines is 1. The average molecular weight is 477 g/mol. The summed E-state index contributed by atoms with van der Waals surface area (Å²) in [6, 6.07) is 13.4. The molecule has 0 bridgehead atoms. The largest absolute Gasteiger partial charge is 0.491 e. The predicted molar refractivity (Wildman–Crippen MR) is 129 cm³/mol. The van der Waals surface area contributed by atoms with Gasteiger partial charge in [-0.25, -0.2) is 4.98 Å². The lowest BCUT2D eigenvalue weighted by molar-refractivity contribution is -0.139. The van der Waals surface area contributed by atoms with Gasteiger partial charge >= 0.3 is 0 Å². The fraction of sp³-hybridized carbons (Fsp3) is 0.333. The quantitative estimate of drug-likeness (QED) is 0.260. The van der Waals surface area contributed by atoms with E-state index in [2.05, 4.69) is 4.98 Å². The van der Waals surface area contributed by atoms with Gasteiger partial charge in [0.15, 0.2) is 5.89 Å². The van der Waals surface area contributed by atoms with Crippen LogP contribution in [0.1, 0.15) is 31.3 Å². The first-order chi connectivity index (χ1) is 16.8. The van der Waals surface area contributed by atoms with Crippen molar-refractivity contribution >= 4 is 23.2 Å². The smallest absolute Gasteiger partial charge is 0.295 e. The van der Waals surface area contributed by atoms with Gasteiger partial charge in [0.25, 0.3) is 5.91 Å². The molecule has 8 nitrogen and oxygen atoms in total. The Bertz CT molecular complexity index is 1230. The molecule has 35 heavy (non-hydrogen) atoms. The Morgan fingerprint density at radius 1 is 1.09 bits per heavy atom. The molecule has 182 valence electrons. The second kappa shape index (κ2) is 10.2. The minimum absolute atomic E-state index is 0.280. The number of carbonyl (C=O) groups excluding carboxylic acids is 3. The van der Waals surface area contributed by atoms with Crippen LogP contribution in [0.4, 0.5) is 5.69 Å². The van der Waals surface area contributed by atoms with E-state index in [1.807, 2.05) is 6.07 Å². The zero-order valence-corrected chi connectivity index (χ0v) is 20.2. The van der Waals surface area contributed by atoms with E-state index < -0.39 is 29.6 Å². The number of carbonyl (C=O) groups is 3. The molecule has 4 rings (SSSR count). The number of aromatic nitrogens is 1. The van der Waals surface area contributed by atoms with E-state index in [0.717, 1.165) is 5.56 Å². The lowest BCUT2D eigenvalue weighted by atomic mass is 9.84. The maximum Gasteiger partial charge on any atom is 0.295 e. The van der Waals surface area contributed by atoms with Gasteiger partial charge in [0.2, 0.25) is 5.78 Å². The number of benzene rings is 2. The first kappa shape index (κ1) is 24.3. The fourth-order valence-electron chi connectivity index (χ4n) is 4.29. The molecule has 1 amide bonds. The number of Topliss-reactive ketones (excluding diaryl/α,β-unsaturated/α-hetero) is 2. The molecule has 0 spiro atoms. The predicted octanol–water partition coefficient (Wildman–Crippen LogP) is 4.17. The van der Waals surface area contributed by atoms with Crippen molar-refractivity contribution < 1.29 is 28.3 Å². The van der Waals surface area contributed by atoms with Crippen molar-refractivity contribution in [2.24, 2.45) is 11.8 Å². The van der Waals surface area contributed by atoms with Crippen LogP contribution in [-0.4, -0.2) is 42.8 Å². The standard InChI is InChI=1S/C27H28N2O6/c1-16(2)25(30)23-24(20-7-5-6-8-22(20)34-14-13-33-4)29(27(32)26(23)31)19-11-9-18(10-12-19)21-15-35-17(3)28-21/h5-12,15-16,23-24H,13-14H2,1-4H3. The molecule has 0 aliphatic carbocycles. The fourth-order valence-corrected chi connectivity index (χ4v) is 4.29. The van der Waals surface area contributed by atoms with Crippen LogP contribution in [0.25, 0.3) is 11.3 Å². The summed E-state index contributed by atoms with van der Waals surface area (Å²) in [5.74, 6) is -2.21. The van der Waals surface area contributed by atoms with E-state index in [4.69, 9.17) is 13.9 Å². The lowest BCUT2D eigenvalue weighted by Gasteiger charge is -2.29. The molecule has 1 aromatic heterocycles. The highest BCUT2D eigenvalue weighted by Crippen LogP contribution is 2.44. The second-order valence-electron chi connectivity index (χ2n) is 8.70. The molecule has 0 radical (unpaired) electrons. The Hall–Kier alpha value is -3.78. The molecule has 8 heteroatoms. The molecule has 3 aromatic rings. The SMILES string of the molecule is COCCOc1ccccc1C1C(C(=O)C(C)C)C(=O)C(=O)N1c1ccc(-c2coc(C)n2)cc1. The molecular weight excluding hydrogens is 448 g/mol. The molecule has 2 heterocycles. The third-order valence-corrected chi connectivity index (χ3v) is 6.02. The Labute approximate surface area is 203 Å². The first-order valence-corrected chi connectivity index (χ1v) is 11.5. The summed E-state index contributed by atoms with van der Waals surface area (Å²) in [5, 5.41) is 0. The molecule has 2 unspecified atom stereocenters. The highest BCUT2D eigenvalue weighted by molar-refractivity contribution is 6.48. The summed E-state index contributed by atoms with van der Waals surface area (Å²) in [4.78, 5) is 45.4. The van der Waals surface area contributed by atoms with E-state index in [0.29, 0.717) is 35.2 Å². The Kier molecular flexibility index (Phi) is 7.12. The van der Waals surface area contributed by atoms with Crippen LogP contribution in [0.2, 0.25) is 0 Å². The van der Waals surface area contributed by atoms with Crippen molar-refractivity contribution in [3.8, 4) is 17.0 Å². The highest BCUT2D eigenvalue weighted by Gasteiger charge is 2.53. The van der Waals surface area contributed by atoms with E-state index in [1.165, 1.54) is 4.90 Å². The maximum atomic E-state index is 13.3. The number of hydrogen-bond donors (Lipinski definition) is 0. The third kappa shape index (κ3) is 4.74. The molecule has 1 fully saturated rings. The van der Waals surface area contributed by atoms with Crippen LogP contribution < -0.4 is 9.64 Å². The van der Waals surface area contributed by atoms with E-state index >= 15 is 0 Å². The van der Waals surface area contributed by atoms with Crippen molar-refractivity contribution in [1.82, 2.24) is 4.98 Å². The van der Waals surface area contributed by atoms with Gasteiger partial charge in [-0.3, -0.25) is 19.3 Å². The average Bonchev–Trinajstić information content (AvgIpc) is 3.40. The molecule has 1 aliphatic heterocycles. The molecule has 1 saturated heterocycles. The second-order valence-corrected chi connectivity index (χ2v) is 8.70. The molecule has 0 N–H and O–H groups in total. The highest BCUT2D eigenvalue weighted by atomic mass is 16.5. The minimum atomic E-state index is -1.13. The number of ketones is 2. The van der Waals surface area contributed by atoms with Gasteiger partial charge in [0.1, 0.15) is 36.0 Å². The van der Waals surface area contributed by atoms with Crippen molar-refractivity contribution in [2.75, 3.05) is 25.2 Å². The van der Waals surface area contributed by atoms with Gasteiger partial charge in [0.05, 0.1) is 12.6 Å². The summed E-state index contributed by atoms with van der Waals surface area (Å²) < 4.78 is 16.3. The van der Waals surface area contributed by atoms with Crippen LogP contribution >= 0.6 is 0 Å². The van der Waals surface area contributed by atoms with Crippen LogP contribution in [0, 0.1) is 18.8 Å². The number of aryl methyl sites for hydroxylation is 1. The summed E-state index contributed by atoms with van der Waals surface area (Å²) in [7, 11) is 1.58. The summed E-state index contributed by atoms with van der Waals surface area (Å²) >= 11 is 0. The molecule has 2 aromatic carbocycles. The number of hydrogen-bond acceptors (Lipinski definition) is 7. The Balaban J connectivity index is 1.79. The van der Waals surface area contributed by atoms with Crippen LogP contribution in [0.5, 0.6) is 5.75 Å². The number of oxazole rings is 1. The minimum Gasteiger partial charge on any atom is -0.491 e. The van der Waals surface area contributed by atoms with Gasteiger partial charge in [-0.15, -0.1) is 0 Å². The third-order valence-electron chi connectivity index (χ3n) is 6.02.